The van der Waals surface area contributed by atoms with Crippen molar-refractivity contribution < 1.29 is 14.5 Å². The number of benzene rings is 2. The van der Waals surface area contributed by atoms with Crippen molar-refractivity contribution in [1.29, 1.82) is 5.26 Å². The molecule has 0 aliphatic carbocycles. The van der Waals surface area contributed by atoms with Crippen LogP contribution in [0.3, 0.4) is 0 Å². The molecule has 0 aromatic heterocycles. The van der Waals surface area contributed by atoms with Crippen LogP contribution >= 0.6 is 15.9 Å². The van der Waals surface area contributed by atoms with Crippen molar-refractivity contribution >= 4 is 39.3 Å². The lowest BCUT2D eigenvalue weighted by atomic mass is 10.1. The topological polar surface area (TPSA) is 105 Å². The Bertz CT molecular complexity index is 886. The van der Waals surface area contributed by atoms with Crippen molar-refractivity contribution in [1.82, 2.24) is 0 Å². The number of hydrogen-bond donors (Lipinski definition) is 1. The Morgan fingerprint density at radius 1 is 1.32 bits per heavy atom. The van der Waals surface area contributed by atoms with Crippen LogP contribution in [0.5, 0.6) is 5.75 Å². The van der Waals surface area contributed by atoms with E-state index in [0.29, 0.717) is 21.5 Å². The summed E-state index contributed by atoms with van der Waals surface area (Å²) in [5, 5.41) is 22.8. The first-order valence-corrected chi connectivity index (χ1v) is 7.75. The number of anilines is 1. The van der Waals surface area contributed by atoms with Crippen LogP contribution in [0, 0.1) is 21.4 Å². The Kier molecular flexibility index (Phi) is 5.87. The van der Waals surface area contributed by atoms with Gasteiger partial charge in [-0.15, -0.1) is 0 Å². The molecule has 2 rings (SSSR count). The van der Waals surface area contributed by atoms with Crippen LogP contribution in [0.2, 0.25) is 0 Å². The minimum atomic E-state index is -0.613. The molecule has 8 heteroatoms. The molecule has 0 saturated carbocycles. The van der Waals surface area contributed by atoms with E-state index >= 15 is 0 Å². The summed E-state index contributed by atoms with van der Waals surface area (Å²) >= 11 is 3.08. The van der Waals surface area contributed by atoms with Crippen molar-refractivity contribution in [3.63, 3.8) is 0 Å². The number of ether oxygens (including phenoxy) is 1. The van der Waals surface area contributed by atoms with Crippen LogP contribution in [0.1, 0.15) is 5.56 Å². The smallest absolute Gasteiger partial charge is 0.284 e. The summed E-state index contributed by atoms with van der Waals surface area (Å²) in [4.78, 5) is 22.6. The molecule has 1 N–H and O–H groups in total. The van der Waals surface area contributed by atoms with Gasteiger partial charge in [0.2, 0.25) is 0 Å². The third-order valence-corrected chi connectivity index (χ3v) is 3.86. The number of halogens is 1. The predicted molar refractivity (Wildman–Crippen MR) is 96.0 cm³/mol. The maximum atomic E-state index is 12.2. The van der Waals surface area contributed by atoms with Gasteiger partial charge in [-0.3, -0.25) is 14.9 Å². The number of nitriles is 1. The first-order valence-electron chi connectivity index (χ1n) is 6.95. The summed E-state index contributed by atoms with van der Waals surface area (Å²) in [5.74, 6) is 0.0226. The average molecular weight is 402 g/mol. The van der Waals surface area contributed by atoms with E-state index in [4.69, 9.17) is 4.74 Å². The normalized spacial score (nSPS) is 10.7. The van der Waals surface area contributed by atoms with Gasteiger partial charge < -0.3 is 10.1 Å². The molecule has 0 saturated heterocycles. The third-order valence-electron chi connectivity index (χ3n) is 3.19. The van der Waals surface area contributed by atoms with E-state index in [1.165, 1.54) is 25.3 Å². The molecule has 25 heavy (non-hydrogen) atoms. The first kappa shape index (κ1) is 18.2. The predicted octanol–water partition coefficient (Wildman–Crippen LogP) is 3.91. The molecule has 0 atom stereocenters. The largest absolute Gasteiger partial charge is 0.497 e. The number of carbonyl (C=O) groups is 1. The van der Waals surface area contributed by atoms with E-state index in [1.807, 2.05) is 0 Å². The van der Waals surface area contributed by atoms with E-state index in [-0.39, 0.29) is 11.3 Å². The molecule has 0 radical (unpaired) electrons. The SMILES string of the molecule is COc1ccc(NC(=O)/C(C#N)=C\c2ccc(Br)c([N+](=O)[O-])c2)cc1. The van der Waals surface area contributed by atoms with Crippen LogP contribution in [0.4, 0.5) is 11.4 Å². The summed E-state index contributed by atoms with van der Waals surface area (Å²) in [5.41, 5.74) is 0.541. The fraction of sp³-hybridized carbons (Fsp3) is 0.0588. The van der Waals surface area contributed by atoms with Crippen LogP contribution < -0.4 is 10.1 Å². The second kappa shape index (κ2) is 8.08. The maximum Gasteiger partial charge on any atom is 0.284 e. The number of carbonyl (C=O) groups excluding carboxylic acids is 1. The highest BCUT2D eigenvalue weighted by molar-refractivity contribution is 9.10. The number of amides is 1. The summed E-state index contributed by atoms with van der Waals surface area (Å²) in [7, 11) is 1.53. The summed E-state index contributed by atoms with van der Waals surface area (Å²) in [6.45, 7) is 0. The molecule has 0 unspecified atom stereocenters. The second-order valence-corrected chi connectivity index (χ2v) is 5.67. The summed E-state index contributed by atoms with van der Waals surface area (Å²) in [6.07, 6.45) is 1.29. The Morgan fingerprint density at radius 3 is 2.56 bits per heavy atom. The van der Waals surface area contributed by atoms with Gasteiger partial charge in [0.25, 0.3) is 11.6 Å². The number of hydrogen-bond acceptors (Lipinski definition) is 5. The lowest BCUT2D eigenvalue weighted by molar-refractivity contribution is -0.385. The molecule has 0 fully saturated rings. The number of nitrogens with zero attached hydrogens (tertiary/aromatic N) is 2. The van der Waals surface area contributed by atoms with Crippen molar-refractivity contribution in [2.45, 2.75) is 0 Å². The fourth-order valence-corrected chi connectivity index (χ4v) is 2.34. The standard InChI is InChI=1S/C17H12BrN3O4/c1-25-14-5-3-13(4-6-14)20-17(22)12(10-19)8-11-2-7-15(18)16(9-11)21(23)24/h2-9H,1H3,(H,20,22)/b12-8-. The van der Waals surface area contributed by atoms with Gasteiger partial charge in [0, 0.05) is 11.8 Å². The highest BCUT2D eigenvalue weighted by atomic mass is 79.9. The Hall–Kier alpha value is -3.18. The van der Waals surface area contributed by atoms with Gasteiger partial charge in [-0.05, 0) is 57.9 Å². The van der Waals surface area contributed by atoms with E-state index in [1.54, 1.807) is 36.4 Å². The van der Waals surface area contributed by atoms with Gasteiger partial charge in [-0.1, -0.05) is 6.07 Å². The molecular formula is C17H12BrN3O4. The van der Waals surface area contributed by atoms with Gasteiger partial charge in [-0.2, -0.15) is 5.26 Å². The average Bonchev–Trinajstić information content (AvgIpc) is 2.61. The lowest BCUT2D eigenvalue weighted by Gasteiger charge is -2.05. The number of nitro groups is 1. The van der Waals surface area contributed by atoms with E-state index in [9.17, 15) is 20.2 Å². The van der Waals surface area contributed by atoms with E-state index < -0.39 is 10.8 Å². The molecule has 2 aromatic rings. The van der Waals surface area contributed by atoms with Crippen molar-refractivity contribution in [3.05, 3.63) is 68.2 Å². The van der Waals surface area contributed by atoms with Crippen molar-refractivity contribution in [3.8, 4) is 11.8 Å². The number of nitrogens with one attached hydrogen (secondary N) is 1. The molecule has 0 aliphatic heterocycles. The van der Waals surface area contributed by atoms with Crippen LogP contribution in [0.25, 0.3) is 6.08 Å². The highest BCUT2D eigenvalue weighted by Gasteiger charge is 2.14. The van der Waals surface area contributed by atoms with Crippen LogP contribution in [0.15, 0.2) is 52.5 Å². The Labute approximate surface area is 151 Å². The Morgan fingerprint density at radius 2 is 2.00 bits per heavy atom. The second-order valence-electron chi connectivity index (χ2n) is 4.82. The quantitative estimate of drug-likeness (QED) is 0.353. The molecule has 0 spiro atoms. The molecular weight excluding hydrogens is 390 g/mol. The van der Waals surface area contributed by atoms with E-state index in [2.05, 4.69) is 21.2 Å². The molecule has 7 nitrogen and oxygen atoms in total. The maximum absolute atomic E-state index is 12.2. The summed E-state index contributed by atoms with van der Waals surface area (Å²) in [6, 6.07) is 12.7. The monoisotopic (exact) mass is 401 g/mol. The molecule has 1 amide bonds. The van der Waals surface area contributed by atoms with E-state index in [0.717, 1.165) is 0 Å². The number of nitro benzene ring substituents is 1. The minimum Gasteiger partial charge on any atom is -0.497 e. The zero-order valence-corrected chi connectivity index (χ0v) is 14.6. The molecule has 2 aromatic carbocycles. The molecule has 0 heterocycles. The van der Waals surface area contributed by atoms with Crippen LogP contribution in [-0.2, 0) is 4.79 Å². The van der Waals surface area contributed by atoms with Crippen molar-refractivity contribution in [2.24, 2.45) is 0 Å². The number of methoxy groups -OCH3 is 1. The van der Waals surface area contributed by atoms with Gasteiger partial charge in [-0.25, -0.2) is 0 Å². The first-order chi connectivity index (χ1) is 11.9. The van der Waals surface area contributed by atoms with Gasteiger partial charge >= 0.3 is 0 Å². The van der Waals surface area contributed by atoms with Gasteiger partial charge in [0.1, 0.15) is 17.4 Å². The number of rotatable bonds is 5. The van der Waals surface area contributed by atoms with Gasteiger partial charge in [0.15, 0.2) is 0 Å². The molecule has 0 aliphatic rings. The summed E-state index contributed by atoms with van der Waals surface area (Å²) < 4.78 is 5.34. The van der Waals surface area contributed by atoms with Gasteiger partial charge in [0.05, 0.1) is 16.5 Å². The minimum absolute atomic E-state index is 0.151. The lowest BCUT2D eigenvalue weighted by Crippen LogP contribution is -2.13. The third kappa shape index (κ3) is 4.65. The molecule has 0 bridgehead atoms. The highest BCUT2D eigenvalue weighted by Crippen LogP contribution is 2.26. The Balaban J connectivity index is 2.24. The molecule has 126 valence electrons. The fourth-order valence-electron chi connectivity index (χ4n) is 1.95. The zero-order chi connectivity index (χ0) is 18.4. The van der Waals surface area contributed by atoms with Crippen molar-refractivity contribution in [2.75, 3.05) is 12.4 Å². The zero-order valence-electron chi connectivity index (χ0n) is 13.0. The van der Waals surface area contributed by atoms with Crippen LogP contribution in [-0.4, -0.2) is 17.9 Å².